The summed E-state index contributed by atoms with van der Waals surface area (Å²) in [4.78, 5) is 0.452. The van der Waals surface area contributed by atoms with Gasteiger partial charge in [0.15, 0.2) is 9.84 Å². The maximum Gasteiger partial charge on any atom is 0.181 e. The fraction of sp³-hybridized carbons (Fsp3) is 0.600. The molecule has 3 nitrogen and oxygen atoms in total. The molecule has 1 aromatic rings. The summed E-state index contributed by atoms with van der Waals surface area (Å²) in [5.74, 6) is 1.10. The van der Waals surface area contributed by atoms with Crippen LogP contribution in [-0.2, 0) is 9.84 Å². The summed E-state index contributed by atoms with van der Waals surface area (Å²) in [6.07, 6.45) is 2.55. The summed E-state index contributed by atoms with van der Waals surface area (Å²) in [5.41, 5.74) is 7.06. The number of hydrogen-bond donors (Lipinski definition) is 1. The van der Waals surface area contributed by atoms with Crippen LogP contribution >= 0.6 is 0 Å². The number of rotatable bonds is 2. The Labute approximate surface area is 116 Å². The highest BCUT2D eigenvalue weighted by Gasteiger charge is 2.34. The van der Waals surface area contributed by atoms with E-state index in [-0.39, 0.29) is 5.25 Å². The van der Waals surface area contributed by atoms with Crippen LogP contribution in [0.1, 0.15) is 38.7 Å². The van der Waals surface area contributed by atoms with Gasteiger partial charge >= 0.3 is 0 Å². The second kappa shape index (κ2) is 5.16. The van der Waals surface area contributed by atoms with Crippen LogP contribution in [0.5, 0.6) is 0 Å². The van der Waals surface area contributed by atoms with Crippen molar-refractivity contribution in [3.63, 3.8) is 0 Å². The van der Waals surface area contributed by atoms with E-state index in [9.17, 15) is 8.42 Å². The summed E-state index contributed by atoms with van der Waals surface area (Å²) in [6.45, 7) is 6.18. The van der Waals surface area contributed by atoms with Gasteiger partial charge in [-0.1, -0.05) is 13.8 Å². The van der Waals surface area contributed by atoms with Crippen LogP contribution in [-0.4, -0.2) is 13.7 Å². The lowest BCUT2D eigenvalue weighted by Crippen LogP contribution is -2.31. The highest BCUT2D eigenvalue weighted by molar-refractivity contribution is 7.92. The SMILES string of the molecule is Cc1cc(N)ccc1S(=O)(=O)C1CCC(C)C(C)C1. The predicted octanol–water partition coefficient (Wildman–Crippen LogP) is 3.18. The highest BCUT2D eigenvalue weighted by atomic mass is 32.2. The molecule has 0 radical (unpaired) electrons. The number of anilines is 1. The van der Waals surface area contributed by atoms with Crippen molar-refractivity contribution in [3.05, 3.63) is 23.8 Å². The van der Waals surface area contributed by atoms with E-state index in [1.165, 1.54) is 0 Å². The van der Waals surface area contributed by atoms with Crippen LogP contribution in [0.2, 0.25) is 0 Å². The molecule has 19 heavy (non-hydrogen) atoms. The van der Waals surface area contributed by atoms with Gasteiger partial charge in [0.05, 0.1) is 10.1 Å². The Kier molecular flexibility index (Phi) is 3.90. The fourth-order valence-electron chi connectivity index (χ4n) is 2.95. The van der Waals surface area contributed by atoms with Crippen molar-refractivity contribution in [3.8, 4) is 0 Å². The Hall–Kier alpha value is -1.03. The molecule has 1 saturated carbocycles. The first-order chi connectivity index (χ1) is 8.82. The van der Waals surface area contributed by atoms with Gasteiger partial charge in [0.1, 0.15) is 0 Å². The summed E-state index contributed by atoms with van der Waals surface area (Å²) in [6, 6.07) is 5.07. The van der Waals surface area contributed by atoms with Crippen molar-refractivity contribution < 1.29 is 8.42 Å². The number of benzene rings is 1. The molecular weight excluding hydrogens is 258 g/mol. The first-order valence-electron chi connectivity index (χ1n) is 6.92. The van der Waals surface area contributed by atoms with Gasteiger partial charge in [0, 0.05) is 5.69 Å². The minimum Gasteiger partial charge on any atom is -0.399 e. The molecule has 1 fully saturated rings. The van der Waals surface area contributed by atoms with Crippen LogP contribution in [0, 0.1) is 18.8 Å². The van der Waals surface area contributed by atoms with Crippen molar-refractivity contribution in [1.29, 1.82) is 0 Å². The molecule has 3 unspecified atom stereocenters. The molecule has 3 atom stereocenters. The van der Waals surface area contributed by atoms with Crippen LogP contribution < -0.4 is 5.73 Å². The molecule has 0 spiro atoms. The first-order valence-corrected chi connectivity index (χ1v) is 8.47. The van der Waals surface area contributed by atoms with E-state index in [0.29, 0.717) is 22.4 Å². The zero-order valence-corrected chi connectivity index (χ0v) is 12.7. The lowest BCUT2D eigenvalue weighted by Gasteiger charge is -2.32. The van der Waals surface area contributed by atoms with Gasteiger partial charge < -0.3 is 5.73 Å². The molecule has 0 bridgehead atoms. The summed E-state index contributed by atoms with van der Waals surface area (Å²) in [7, 11) is -3.22. The standard InChI is InChI=1S/C15H23NO2S/c1-10-4-6-14(9-11(10)2)19(17,18)15-7-5-13(16)8-12(15)3/h5,7-8,10-11,14H,4,6,9,16H2,1-3H3. The Morgan fingerprint density at radius 2 is 1.84 bits per heavy atom. The third-order valence-corrected chi connectivity index (χ3v) is 6.87. The van der Waals surface area contributed by atoms with Gasteiger partial charge in [0.2, 0.25) is 0 Å². The lowest BCUT2D eigenvalue weighted by molar-refractivity contribution is 0.278. The first kappa shape index (κ1) is 14.4. The molecule has 4 heteroatoms. The highest BCUT2D eigenvalue weighted by Crippen LogP contribution is 2.36. The number of hydrogen-bond acceptors (Lipinski definition) is 3. The third kappa shape index (κ3) is 2.78. The van der Waals surface area contributed by atoms with E-state index in [1.807, 2.05) is 6.92 Å². The van der Waals surface area contributed by atoms with Crippen LogP contribution in [0.25, 0.3) is 0 Å². The Morgan fingerprint density at radius 3 is 2.42 bits per heavy atom. The molecule has 0 saturated heterocycles. The van der Waals surface area contributed by atoms with Crippen molar-refractivity contribution >= 4 is 15.5 Å². The molecule has 2 N–H and O–H groups in total. The zero-order chi connectivity index (χ0) is 14.2. The second-order valence-corrected chi connectivity index (χ2v) is 8.16. The molecular formula is C15H23NO2S. The molecule has 1 aromatic carbocycles. The molecule has 2 rings (SSSR count). The van der Waals surface area contributed by atoms with E-state index in [1.54, 1.807) is 18.2 Å². The maximum absolute atomic E-state index is 12.7. The zero-order valence-electron chi connectivity index (χ0n) is 11.9. The molecule has 1 aliphatic carbocycles. The summed E-state index contributed by atoms with van der Waals surface area (Å²) in [5, 5.41) is -0.235. The minimum atomic E-state index is -3.22. The number of aryl methyl sites for hydroxylation is 1. The molecule has 0 aromatic heterocycles. The third-order valence-electron chi connectivity index (χ3n) is 4.49. The molecule has 1 aliphatic rings. The van der Waals surface area contributed by atoms with Gasteiger partial charge in [0.25, 0.3) is 0 Å². The largest absolute Gasteiger partial charge is 0.399 e. The van der Waals surface area contributed by atoms with Gasteiger partial charge in [-0.15, -0.1) is 0 Å². The van der Waals surface area contributed by atoms with Gasteiger partial charge in [-0.05, 0) is 61.8 Å². The van der Waals surface area contributed by atoms with Crippen molar-refractivity contribution in [1.82, 2.24) is 0 Å². The summed E-state index contributed by atoms with van der Waals surface area (Å²) >= 11 is 0. The second-order valence-electron chi connectivity index (χ2n) is 5.96. The molecule has 0 aliphatic heterocycles. The predicted molar refractivity (Wildman–Crippen MR) is 78.7 cm³/mol. The van der Waals surface area contributed by atoms with Crippen molar-refractivity contribution in [2.24, 2.45) is 11.8 Å². The van der Waals surface area contributed by atoms with Crippen molar-refractivity contribution in [2.75, 3.05) is 5.73 Å². The van der Waals surface area contributed by atoms with E-state index < -0.39 is 9.84 Å². The Balaban J connectivity index is 2.32. The normalized spacial score (nSPS) is 28.3. The monoisotopic (exact) mass is 281 g/mol. The van der Waals surface area contributed by atoms with Crippen LogP contribution in [0.3, 0.4) is 0 Å². The van der Waals surface area contributed by atoms with Gasteiger partial charge in [-0.25, -0.2) is 8.42 Å². The maximum atomic E-state index is 12.7. The summed E-state index contributed by atoms with van der Waals surface area (Å²) < 4.78 is 25.5. The van der Waals surface area contributed by atoms with E-state index in [2.05, 4.69) is 13.8 Å². The number of nitrogens with two attached hydrogens (primary N) is 1. The Bertz CT molecular complexity index is 566. The Morgan fingerprint density at radius 1 is 1.16 bits per heavy atom. The minimum absolute atomic E-state index is 0.235. The van der Waals surface area contributed by atoms with E-state index >= 15 is 0 Å². The molecule has 106 valence electrons. The van der Waals surface area contributed by atoms with Gasteiger partial charge in [-0.3, -0.25) is 0 Å². The molecule has 0 heterocycles. The molecule has 0 amide bonds. The van der Waals surface area contributed by atoms with Gasteiger partial charge in [-0.2, -0.15) is 0 Å². The number of sulfone groups is 1. The fourth-order valence-corrected chi connectivity index (χ4v) is 5.08. The number of nitrogen functional groups attached to an aromatic ring is 1. The lowest BCUT2D eigenvalue weighted by atomic mass is 9.81. The quantitative estimate of drug-likeness (QED) is 0.847. The van der Waals surface area contributed by atoms with Crippen LogP contribution in [0.4, 0.5) is 5.69 Å². The topological polar surface area (TPSA) is 60.2 Å². The van der Waals surface area contributed by atoms with E-state index in [0.717, 1.165) is 24.8 Å². The van der Waals surface area contributed by atoms with Crippen LogP contribution in [0.15, 0.2) is 23.1 Å². The smallest absolute Gasteiger partial charge is 0.181 e. The van der Waals surface area contributed by atoms with Crippen molar-refractivity contribution in [2.45, 2.75) is 50.2 Å². The average molecular weight is 281 g/mol. The van der Waals surface area contributed by atoms with E-state index in [4.69, 9.17) is 5.73 Å². The average Bonchev–Trinajstić information content (AvgIpc) is 2.32.